The van der Waals surface area contributed by atoms with Crippen molar-refractivity contribution in [3.63, 3.8) is 0 Å². The van der Waals surface area contributed by atoms with E-state index in [1.807, 2.05) is 0 Å². The molecule has 0 unspecified atom stereocenters. The Kier molecular flexibility index (Phi) is 102. The first-order chi connectivity index (χ1) is 8.00. The van der Waals surface area contributed by atoms with Crippen molar-refractivity contribution >= 4 is 58.6 Å². The van der Waals surface area contributed by atoms with E-state index in [4.69, 9.17) is 47.7 Å². The molecule has 0 rings (SSSR count). The first-order valence-corrected chi connectivity index (χ1v) is 14.9. The second-order valence-electron chi connectivity index (χ2n) is 1.72. The molecule has 0 aromatic rings. The van der Waals surface area contributed by atoms with Crippen LogP contribution in [0.4, 0.5) is 13.9 Å². The summed E-state index contributed by atoms with van der Waals surface area (Å²) in [6.45, 7) is 0. The summed E-state index contributed by atoms with van der Waals surface area (Å²) in [6.07, 6.45) is 0. The van der Waals surface area contributed by atoms with E-state index in [-0.39, 0.29) is 151 Å². The van der Waals surface area contributed by atoms with Crippen molar-refractivity contribution in [2.24, 2.45) is 0 Å². The third kappa shape index (κ3) is 940. The molecule has 0 bridgehead atoms. The van der Waals surface area contributed by atoms with Crippen LogP contribution in [0.15, 0.2) is 0 Å². The zero-order valence-electron chi connectivity index (χ0n) is 16.2. The Hall–Kier alpha value is 5.61. The SMILES string of the molecule is O=[As]([O-])([O-])F.O=[As]([O-])([O-])F.O=[As]([O-])([O-])F.O=[As]([O-])([O-])F.[Li+].[Li+].[Li+].[Li+].[Li+].[Li+].[Li+].[Li+]. The van der Waals surface area contributed by atoms with Gasteiger partial charge >= 0.3 is 271 Å². The largest absolute Gasteiger partial charge is 1.00 e. The molecule has 0 radical (unpaired) electrons. The van der Waals surface area contributed by atoms with Gasteiger partial charge in [0.15, 0.2) is 0 Å². The van der Waals surface area contributed by atoms with E-state index in [9.17, 15) is 13.9 Å². The van der Waals surface area contributed by atoms with Gasteiger partial charge in [-0.1, -0.05) is 0 Å². The van der Waals surface area contributed by atoms with Crippen molar-refractivity contribution in [2.45, 2.75) is 0 Å². The van der Waals surface area contributed by atoms with Crippen LogP contribution in [0.3, 0.4) is 0 Å². The monoisotopic (exact) mass is 624 g/mol. The second-order valence-corrected chi connectivity index (χ2v) is 8.95. The van der Waals surface area contributed by atoms with Crippen LogP contribution in [0.5, 0.6) is 0 Å². The van der Waals surface area contributed by atoms with Gasteiger partial charge in [0, 0.05) is 0 Å². The molecule has 0 amide bonds. The molecule has 0 saturated carbocycles. The number of hydrogen-bond acceptors (Lipinski definition) is 12. The van der Waals surface area contributed by atoms with Crippen LogP contribution in [0.1, 0.15) is 0 Å². The summed E-state index contributed by atoms with van der Waals surface area (Å²) in [5.74, 6) is 0. The molecule has 0 heterocycles. The first kappa shape index (κ1) is 76.5. The molecular formula is As4F4Li8O12. The number of halogens is 4. The fraction of sp³-hybridized carbons (Fsp3) is 0. The van der Waals surface area contributed by atoms with Crippen molar-refractivity contribution in [3.05, 3.63) is 0 Å². The predicted octanol–water partition coefficient (Wildman–Crippen LogP) is -33.8. The molecule has 0 atom stereocenters. The fourth-order valence-electron chi connectivity index (χ4n) is 0. The Morgan fingerprint density at radius 3 is 0.321 bits per heavy atom. The van der Waals surface area contributed by atoms with Gasteiger partial charge in [0.05, 0.1) is 0 Å². The molecule has 0 fully saturated rings. The van der Waals surface area contributed by atoms with Gasteiger partial charge in [0.2, 0.25) is 0 Å². The van der Waals surface area contributed by atoms with Gasteiger partial charge in [-0.2, -0.15) is 0 Å². The molecule has 0 aliphatic heterocycles. The van der Waals surface area contributed by atoms with Crippen LogP contribution in [0.25, 0.3) is 0 Å². The molecule has 0 aromatic carbocycles. The number of rotatable bonds is 0. The van der Waals surface area contributed by atoms with Crippen LogP contribution in [-0.2, 0) is 15.0 Å². The van der Waals surface area contributed by atoms with Gasteiger partial charge in [0.25, 0.3) is 0 Å². The van der Waals surface area contributed by atoms with E-state index in [1.165, 1.54) is 0 Å². The number of hydrogen-bond donors (Lipinski definition) is 0. The van der Waals surface area contributed by atoms with Crippen molar-refractivity contribution < 1.29 is 212 Å². The minimum atomic E-state index is -6.12. The molecular weight excluding hydrogens is 623 g/mol. The standard InChI is InChI=1S/4AsFH2O3.8Li/c4*2-1(3,4)5;;;;;;;;/h4*(H2,3,4,5);;;;;;;;/q;;;;8*+1/p-8. The topological polar surface area (TPSA) is 253 Å². The van der Waals surface area contributed by atoms with E-state index < -0.39 is 58.6 Å². The van der Waals surface area contributed by atoms with Gasteiger partial charge in [-0.25, -0.2) is 0 Å². The molecule has 128 valence electrons. The molecule has 0 aliphatic rings. The van der Waals surface area contributed by atoms with E-state index in [2.05, 4.69) is 0 Å². The van der Waals surface area contributed by atoms with Crippen molar-refractivity contribution in [2.75, 3.05) is 0 Å². The van der Waals surface area contributed by atoms with E-state index in [0.717, 1.165) is 0 Å². The summed E-state index contributed by atoms with van der Waals surface area (Å²) in [5.41, 5.74) is 0. The van der Waals surface area contributed by atoms with E-state index in [0.29, 0.717) is 0 Å². The van der Waals surface area contributed by atoms with Gasteiger partial charge in [-0.3, -0.25) is 0 Å². The maximum atomic E-state index is 10.2. The van der Waals surface area contributed by atoms with Crippen LogP contribution in [0, 0.1) is 0 Å². The van der Waals surface area contributed by atoms with Crippen LogP contribution >= 0.6 is 0 Å². The normalized spacial score (nSPS) is 8.43. The van der Waals surface area contributed by atoms with E-state index >= 15 is 0 Å². The third-order valence-electron chi connectivity index (χ3n) is 0. The smallest absolute Gasteiger partial charge is 1.00 e. The molecule has 0 spiro atoms. The minimum absolute atomic E-state index is 0. The Morgan fingerprint density at radius 1 is 0.321 bits per heavy atom. The van der Waals surface area contributed by atoms with Gasteiger partial charge < -0.3 is 0 Å². The van der Waals surface area contributed by atoms with Gasteiger partial charge in [0.1, 0.15) is 0 Å². The zero-order valence-corrected chi connectivity index (χ0v) is 23.7. The molecule has 0 N–H and O–H groups in total. The molecule has 28 heteroatoms. The summed E-state index contributed by atoms with van der Waals surface area (Å²) in [4.78, 5) is 0. The Balaban J connectivity index is -0.0000000111. The molecule has 0 aliphatic carbocycles. The van der Waals surface area contributed by atoms with E-state index in [1.54, 1.807) is 0 Å². The molecule has 28 heavy (non-hydrogen) atoms. The molecule has 0 saturated heterocycles. The van der Waals surface area contributed by atoms with Crippen molar-refractivity contribution in [1.29, 1.82) is 0 Å². The summed E-state index contributed by atoms with van der Waals surface area (Å²) < 4.78 is 143. The first-order valence-electron chi connectivity index (χ1n) is 2.87. The van der Waals surface area contributed by atoms with Crippen LogP contribution in [0.2, 0.25) is 0 Å². The average Bonchev–Trinajstić information content (AvgIpc) is 1.62. The quantitative estimate of drug-likeness (QED) is 0.180. The van der Waals surface area contributed by atoms with Crippen LogP contribution < -0.4 is 184 Å². The molecule has 12 nitrogen and oxygen atoms in total. The summed E-state index contributed by atoms with van der Waals surface area (Å²) >= 11 is -24.5. The third-order valence-corrected chi connectivity index (χ3v) is 0. The maximum absolute atomic E-state index is 10.2. The Labute approximate surface area is 266 Å². The van der Waals surface area contributed by atoms with Crippen molar-refractivity contribution in [1.82, 2.24) is 0 Å². The summed E-state index contributed by atoms with van der Waals surface area (Å²) in [7, 11) is 0. The predicted molar refractivity (Wildman–Crippen MR) is 30.2 cm³/mol. The maximum Gasteiger partial charge on any atom is 1.00 e. The van der Waals surface area contributed by atoms with Gasteiger partial charge in [-0.05, 0) is 0 Å². The summed E-state index contributed by atoms with van der Waals surface area (Å²) in [6, 6.07) is 0. The molecule has 0 aromatic heterocycles. The van der Waals surface area contributed by atoms with Gasteiger partial charge in [-0.15, -0.1) is 0 Å². The Morgan fingerprint density at radius 2 is 0.321 bits per heavy atom. The Bertz CT molecular complexity index is 316. The minimum Gasteiger partial charge on any atom is 1.00 e. The van der Waals surface area contributed by atoms with Crippen molar-refractivity contribution in [3.8, 4) is 0 Å². The average molecular weight is 623 g/mol. The second kappa shape index (κ2) is 37.2. The van der Waals surface area contributed by atoms with Crippen LogP contribution in [-0.4, -0.2) is 58.6 Å². The zero-order chi connectivity index (χ0) is 18.0. The summed E-state index contributed by atoms with van der Waals surface area (Å²) in [5, 5.41) is 0. The fourth-order valence-corrected chi connectivity index (χ4v) is 0.